The number of likely N-dealkylation sites (tertiary alicyclic amines) is 1. The van der Waals surface area contributed by atoms with Gasteiger partial charge < -0.3 is 14.7 Å². The molecule has 0 spiro atoms. The summed E-state index contributed by atoms with van der Waals surface area (Å²) >= 11 is 0. The minimum atomic E-state index is -0.178. The van der Waals surface area contributed by atoms with Crippen molar-refractivity contribution in [2.45, 2.75) is 46.7 Å². The van der Waals surface area contributed by atoms with Gasteiger partial charge in [0.15, 0.2) is 5.76 Å². The Balaban J connectivity index is 1.58. The molecule has 2 aromatic rings. The lowest BCUT2D eigenvalue weighted by molar-refractivity contribution is -0.130. The first-order valence-electron chi connectivity index (χ1n) is 9.71. The van der Waals surface area contributed by atoms with Gasteiger partial charge in [0.1, 0.15) is 11.4 Å². The summed E-state index contributed by atoms with van der Waals surface area (Å²) in [5.41, 5.74) is 3.04. The second-order valence-electron chi connectivity index (χ2n) is 7.33. The normalized spacial score (nSPS) is 16.9. The molecule has 1 fully saturated rings. The van der Waals surface area contributed by atoms with Crippen LogP contribution in [0, 0.1) is 13.8 Å². The van der Waals surface area contributed by atoms with Crippen molar-refractivity contribution < 1.29 is 14.1 Å². The highest BCUT2D eigenvalue weighted by molar-refractivity contribution is 6.04. The van der Waals surface area contributed by atoms with E-state index < -0.39 is 0 Å². The molecule has 1 aliphatic rings. The Bertz CT molecular complexity index is 824. The quantitative estimate of drug-likeness (QED) is 0.828. The summed E-state index contributed by atoms with van der Waals surface area (Å²) in [5.74, 6) is 0.558. The predicted molar refractivity (Wildman–Crippen MR) is 107 cm³/mol. The van der Waals surface area contributed by atoms with Gasteiger partial charge in [0.2, 0.25) is 5.91 Å². The van der Waals surface area contributed by atoms with Crippen molar-refractivity contribution in [3.8, 4) is 0 Å². The minimum absolute atomic E-state index is 0.142. The van der Waals surface area contributed by atoms with E-state index in [1.54, 1.807) is 20.8 Å². The van der Waals surface area contributed by atoms with E-state index in [0.717, 1.165) is 38.2 Å². The van der Waals surface area contributed by atoms with Gasteiger partial charge in [-0.2, -0.15) is 0 Å². The zero-order valence-electron chi connectivity index (χ0n) is 17.0. The fourth-order valence-electron chi connectivity index (χ4n) is 3.82. The number of amides is 2. The molecule has 1 N–H and O–H groups in total. The zero-order valence-corrected chi connectivity index (χ0v) is 17.0. The number of benzene rings is 1. The van der Waals surface area contributed by atoms with Crippen molar-refractivity contribution in [2.24, 2.45) is 0 Å². The molecule has 1 aromatic carbocycles. The van der Waals surface area contributed by atoms with Crippen molar-refractivity contribution in [1.29, 1.82) is 0 Å². The molecular formula is C21H28N4O3. The second kappa shape index (κ2) is 8.56. The van der Waals surface area contributed by atoms with E-state index >= 15 is 0 Å². The molecule has 1 saturated heterocycles. The maximum absolute atomic E-state index is 12.5. The van der Waals surface area contributed by atoms with Gasteiger partial charge in [-0.05, 0) is 44.9 Å². The van der Waals surface area contributed by atoms with Crippen LogP contribution in [0.25, 0.3) is 0 Å². The van der Waals surface area contributed by atoms with Crippen LogP contribution in [0.4, 0.5) is 5.69 Å². The Morgan fingerprint density at radius 2 is 2.00 bits per heavy atom. The molecule has 0 saturated carbocycles. The van der Waals surface area contributed by atoms with Crippen molar-refractivity contribution >= 4 is 17.5 Å². The molecule has 2 heterocycles. The van der Waals surface area contributed by atoms with Crippen molar-refractivity contribution in [3.05, 3.63) is 46.8 Å². The Hall–Kier alpha value is -2.67. The summed E-state index contributed by atoms with van der Waals surface area (Å²) in [7, 11) is 0. The summed E-state index contributed by atoms with van der Waals surface area (Å²) in [6.45, 7) is 10.7. The molecule has 0 radical (unpaired) electrons. The highest BCUT2D eigenvalue weighted by Crippen LogP contribution is 2.21. The van der Waals surface area contributed by atoms with Crippen LogP contribution in [0.3, 0.4) is 0 Å². The van der Waals surface area contributed by atoms with Gasteiger partial charge in [-0.15, -0.1) is 0 Å². The third kappa shape index (κ3) is 4.42. The molecular weight excluding hydrogens is 356 g/mol. The van der Waals surface area contributed by atoms with E-state index in [9.17, 15) is 9.59 Å². The molecule has 1 atom stereocenters. The number of nitrogens with zero attached hydrogens (tertiary/aromatic N) is 3. The SMILES string of the molecule is CCN(C(C)=O)C1CCN(Cc2ccc(C(=O)Nc3c(C)noc3C)cc2)C1. The Labute approximate surface area is 165 Å². The molecule has 1 aliphatic heterocycles. The Kier molecular flexibility index (Phi) is 6.14. The van der Waals surface area contributed by atoms with E-state index in [1.807, 2.05) is 36.1 Å². The van der Waals surface area contributed by atoms with Gasteiger partial charge in [-0.3, -0.25) is 14.5 Å². The number of aryl methyl sites for hydroxylation is 2. The summed E-state index contributed by atoms with van der Waals surface area (Å²) in [6, 6.07) is 7.94. The number of aromatic nitrogens is 1. The smallest absolute Gasteiger partial charge is 0.255 e. The van der Waals surface area contributed by atoms with Crippen LogP contribution in [-0.4, -0.2) is 52.4 Å². The van der Waals surface area contributed by atoms with Gasteiger partial charge in [0, 0.05) is 44.7 Å². The molecule has 1 aromatic heterocycles. The van der Waals surface area contributed by atoms with E-state index in [1.165, 1.54) is 0 Å². The van der Waals surface area contributed by atoms with Crippen molar-refractivity contribution in [1.82, 2.24) is 15.0 Å². The molecule has 0 bridgehead atoms. The first-order chi connectivity index (χ1) is 13.4. The average molecular weight is 384 g/mol. The van der Waals surface area contributed by atoms with Gasteiger partial charge in [0.25, 0.3) is 5.91 Å². The van der Waals surface area contributed by atoms with Gasteiger partial charge in [-0.1, -0.05) is 17.3 Å². The van der Waals surface area contributed by atoms with Crippen LogP contribution in [-0.2, 0) is 11.3 Å². The lowest BCUT2D eigenvalue weighted by Gasteiger charge is -2.26. The standard InChI is InChI=1S/C21H28N4O3/c1-5-25(16(4)26)19-10-11-24(13-19)12-17-6-8-18(9-7-17)21(27)22-20-14(2)23-28-15(20)3/h6-9,19H,5,10-13H2,1-4H3,(H,22,27). The second-order valence-corrected chi connectivity index (χ2v) is 7.33. The highest BCUT2D eigenvalue weighted by atomic mass is 16.5. The number of carbonyl (C=O) groups excluding carboxylic acids is 2. The number of rotatable bonds is 6. The number of hydrogen-bond donors (Lipinski definition) is 1. The Morgan fingerprint density at radius 3 is 2.57 bits per heavy atom. The summed E-state index contributed by atoms with van der Waals surface area (Å²) in [5, 5.41) is 6.71. The third-order valence-corrected chi connectivity index (χ3v) is 5.33. The van der Waals surface area contributed by atoms with E-state index in [4.69, 9.17) is 4.52 Å². The molecule has 150 valence electrons. The largest absolute Gasteiger partial charge is 0.359 e. The molecule has 7 nitrogen and oxygen atoms in total. The van der Waals surface area contributed by atoms with Crippen molar-refractivity contribution in [2.75, 3.05) is 25.0 Å². The summed E-state index contributed by atoms with van der Waals surface area (Å²) < 4.78 is 5.08. The van der Waals surface area contributed by atoms with E-state index in [2.05, 4.69) is 15.4 Å². The van der Waals surface area contributed by atoms with Crippen LogP contribution in [0.5, 0.6) is 0 Å². The number of likely N-dealkylation sites (N-methyl/N-ethyl adjacent to an activating group) is 1. The van der Waals surface area contributed by atoms with E-state index in [0.29, 0.717) is 28.7 Å². The van der Waals surface area contributed by atoms with Crippen molar-refractivity contribution in [3.63, 3.8) is 0 Å². The van der Waals surface area contributed by atoms with Gasteiger partial charge >= 0.3 is 0 Å². The molecule has 0 aliphatic carbocycles. The fourth-order valence-corrected chi connectivity index (χ4v) is 3.82. The summed E-state index contributed by atoms with van der Waals surface area (Å²) in [4.78, 5) is 28.5. The average Bonchev–Trinajstić information content (AvgIpc) is 3.24. The van der Waals surface area contributed by atoms with Crippen LogP contribution < -0.4 is 5.32 Å². The van der Waals surface area contributed by atoms with Crippen LogP contribution in [0.15, 0.2) is 28.8 Å². The summed E-state index contributed by atoms with van der Waals surface area (Å²) in [6.07, 6.45) is 1.01. The predicted octanol–water partition coefficient (Wildman–Crippen LogP) is 2.99. The van der Waals surface area contributed by atoms with Crippen LogP contribution >= 0.6 is 0 Å². The monoisotopic (exact) mass is 384 g/mol. The van der Waals surface area contributed by atoms with Gasteiger partial charge in [-0.25, -0.2) is 0 Å². The molecule has 2 amide bonds. The molecule has 7 heteroatoms. The lowest BCUT2D eigenvalue weighted by Crippen LogP contribution is -2.40. The minimum Gasteiger partial charge on any atom is -0.359 e. The number of carbonyl (C=O) groups is 2. The number of hydrogen-bond acceptors (Lipinski definition) is 5. The fraction of sp³-hybridized carbons (Fsp3) is 0.476. The third-order valence-electron chi connectivity index (χ3n) is 5.33. The molecule has 1 unspecified atom stereocenters. The van der Waals surface area contributed by atoms with Crippen LogP contribution in [0.2, 0.25) is 0 Å². The molecule has 28 heavy (non-hydrogen) atoms. The number of anilines is 1. The topological polar surface area (TPSA) is 78.7 Å². The van der Waals surface area contributed by atoms with Gasteiger partial charge in [0.05, 0.1) is 0 Å². The highest BCUT2D eigenvalue weighted by Gasteiger charge is 2.28. The zero-order chi connectivity index (χ0) is 20.3. The number of nitrogens with one attached hydrogen (secondary N) is 1. The first-order valence-corrected chi connectivity index (χ1v) is 9.71. The van der Waals surface area contributed by atoms with E-state index in [-0.39, 0.29) is 11.8 Å². The lowest BCUT2D eigenvalue weighted by atomic mass is 10.1. The first kappa shape index (κ1) is 20.1. The maximum Gasteiger partial charge on any atom is 0.255 e. The maximum atomic E-state index is 12.5. The Morgan fingerprint density at radius 1 is 1.29 bits per heavy atom. The van der Waals surface area contributed by atoms with Crippen LogP contribution in [0.1, 0.15) is 47.6 Å². The molecule has 3 rings (SSSR count).